The minimum atomic E-state index is -0.628. The second kappa shape index (κ2) is 7.52. The third-order valence-corrected chi connectivity index (χ3v) is 4.02. The Kier molecular flexibility index (Phi) is 5.68. The van der Waals surface area contributed by atoms with Gasteiger partial charge in [-0.15, -0.1) is 0 Å². The van der Waals surface area contributed by atoms with Crippen LogP contribution >= 0.6 is 11.6 Å². The Labute approximate surface area is 139 Å². The molecule has 0 bridgehead atoms. The molecule has 0 spiro atoms. The van der Waals surface area contributed by atoms with Gasteiger partial charge in [0.2, 0.25) is 0 Å². The van der Waals surface area contributed by atoms with Crippen LogP contribution in [0.3, 0.4) is 0 Å². The first-order valence-electron chi connectivity index (χ1n) is 7.20. The molecule has 1 aliphatic heterocycles. The number of carbonyl (C=O) groups excluding carboxylic acids is 2. The Hall–Kier alpha value is -1.99. The molecule has 1 unspecified atom stereocenters. The van der Waals surface area contributed by atoms with Crippen LogP contribution in [0.4, 0.5) is 0 Å². The summed E-state index contributed by atoms with van der Waals surface area (Å²) in [6, 6.07) is 3.20. The predicted molar refractivity (Wildman–Crippen MR) is 86.1 cm³/mol. The van der Waals surface area contributed by atoms with Gasteiger partial charge in [0.25, 0.3) is 11.8 Å². The summed E-state index contributed by atoms with van der Waals surface area (Å²) < 4.78 is 10.5. The fourth-order valence-corrected chi connectivity index (χ4v) is 2.73. The van der Waals surface area contributed by atoms with Crippen LogP contribution in [0.25, 0.3) is 0 Å². The first-order chi connectivity index (χ1) is 10.9. The number of ether oxygens (including phenoxy) is 2. The summed E-state index contributed by atoms with van der Waals surface area (Å²) in [6.45, 7) is 1.34. The second-order valence-electron chi connectivity index (χ2n) is 5.31. The lowest BCUT2D eigenvalue weighted by atomic mass is 10.1. The number of carbonyl (C=O) groups is 2. The Morgan fingerprint density at radius 3 is 2.78 bits per heavy atom. The molecule has 1 heterocycles. The third kappa shape index (κ3) is 4.05. The summed E-state index contributed by atoms with van der Waals surface area (Å²) in [5.74, 6) is -0.313. The topological polar surface area (TPSA) is 93.9 Å². The van der Waals surface area contributed by atoms with Gasteiger partial charge in [0, 0.05) is 25.2 Å². The van der Waals surface area contributed by atoms with Gasteiger partial charge in [0.05, 0.1) is 12.1 Å². The minimum Gasteiger partial charge on any atom is -0.493 e. The fourth-order valence-electron chi connectivity index (χ4n) is 2.47. The summed E-state index contributed by atoms with van der Waals surface area (Å²) >= 11 is 6.17. The first kappa shape index (κ1) is 17.4. The van der Waals surface area contributed by atoms with Crippen molar-refractivity contribution in [2.45, 2.75) is 12.5 Å². The van der Waals surface area contributed by atoms with Gasteiger partial charge in [0.15, 0.2) is 18.1 Å². The SMILES string of the molecule is COc1cc(C(=O)N(C)C2CCNC2)cc(Cl)c1OCC(N)=O. The zero-order valence-corrected chi connectivity index (χ0v) is 13.9. The number of nitrogens with two attached hydrogens (primary N) is 1. The zero-order valence-electron chi connectivity index (χ0n) is 13.1. The number of hydrogen-bond donors (Lipinski definition) is 2. The Bertz CT molecular complexity index is 603. The molecular weight excluding hydrogens is 322 g/mol. The molecule has 1 aromatic carbocycles. The van der Waals surface area contributed by atoms with E-state index in [-0.39, 0.29) is 35.1 Å². The standard InChI is InChI=1S/C15H20ClN3O4/c1-19(10-3-4-18-7-10)15(21)9-5-11(16)14(12(6-9)22-2)23-8-13(17)20/h5-6,10,18H,3-4,7-8H2,1-2H3,(H2,17,20). The van der Waals surface area contributed by atoms with E-state index in [0.29, 0.717) is 5.56 Å². The number of methoxy groups -OCH3 is 1. The lowest BCUT2D eigenvalue weighted by Crippen LogP contribution is -2.38. The summed E-state index contributed by atoms with van der Waals surface area (Å²) in [5, 5.41) is 3.41. The molecule has 1 aliphatic rings. The van der Waals surface area contributed by atoms with E-state index in [9.17, 15) is 9.59 Å². The monoisotopic (exact) mass is 341 g/mol. The average Bonchev–Trinajstić information content (AvgIpc) is 3.05. The summed E-state index contributed by atoms with van der Waals surface area (Å²) in [6.07, 6.45) is 0.910. The minimum absolute atomic E-state index is 0.151. The van der Waals surface area contributed by atoms with Gasteiger partial charge in [-0.3, -0.25) is 9.59 Å². The van der Waals surface area contributed by atoms with Crippen molar-refractivity contribution in [3.63, 3.8) is 0 Å². The van der Waals surface area contributed by atoms with E-state index in [1.807, 2.05) is 0 Å². The van der Waals surface area contributed by atoms with Gasteiger partial charge in [-0.05, 0) is 25.1 Å². The van der Waals surface area contributed by atoms with Gasteiger partial charge in [-0.2, -0.15) is 0 Å². The molecule has 2 rings (SSSR count). The van der Waals surface area contributed by atoms with Crippen molar-refractivity contribution < 1.29 is 19.1 Å². The first-order valence-corrected chi connectivity index (χ1v) is 7.58. The largest absolute Gasteiger partial charge is 0.493 e. The van der Waals surface area contributed by atoms with Crippen molar-refractivity contribution in [2.75, 3.05) is 33.9 Å². The van der Waals surface area contributed by atoms with E-state index in [1.165, 1.54) is 13.2 Å². The van der Waals surface area contributed by atoms with Crippen LogP contribution in [-0.2, 0) is 4.79 Å². The van der Waals surface area contributed by atoms with Gasteiger partial charge >= 0.3 is 0 Å². The van der Waals surface area contributed by atoms with E-state index < -0.39 is 5.91 Å². The molecule has 7 nitrogen and oxygen atoms in total. The van der Waals surface area contributed by atoms with E-state index in [0.717, 1.165) is 19.5 Å². The molecule has 1 atom stereocenters. The van der Waals surface area contributed by atoms with Crippen LogP contribution in [0.2, 0.25) is 5.02 Å². The lowest BCUT2D eigenvalue weighted by molar-refractivity contribution is -0.119. The van der Waals surface area contributed by atoms with Crippen LogP contribution in [0.1, 0.15) is 16.8 Å². The molecule has 126 valence electrons. The molecule has 1 saturated heterocycles. The summed E-state index contributed by atoms with van der Waals surface area (Å²) in [7, 11) is 3.19. The molecule has 2 amide bonds. The highest BCUT2D eigenvalue weighted by atomic mass is 35.5. The molecule has 0 saturated carbocycles. The van der Waals surface area contributed by atoms with E-state index >= 15 is 0 Å². The number of benzene rings is 1. The Balaban J connectivity index is 2.24. The van der Waals surface area contributed by atoms with Crippen molar-refractivity contribution in [1.29, 1.82) is 0 Å². The quantitative estimate of drug-likeness (QED) is 0.792. The van der Waals surface area contributed by atoms with Crippen LogP contribution in [0.15, 0.2) is 12.1 Å². The molecule has 1 fully saturated rings. The van der Waals surface area contributed by atoms with E-state index in [1.54, 1.807) is 18.0 Å². The Morgan fingerprint density at radius 1 is 1.48 bits per heavy atom. The summed E-state index contributed by atoms with van der Waals surface area (Å²) in [5.41, 5.74) is 5.45. The molecule has 0 aromatic heterocycles. The van der Waals surface area contributed by atoms with Crippen LogP contribution < -0.4 is 20.5 Å². The number of hydrogen-bond acceptors (Lipinski definition) is 5. The lowest BCUT2D eigenvalue weighted by Gasteiger charge is -2.24. The molecule has 8 heteroatoms. The number of primary amides is 1. The van der Waals surface area contributed by atoms with Crippen LogP contribution in [0.5, 0.6) is 11.5 Å². The smallest absolute Gasteiger partial charge is 0.255 e. The molecule has 0 aliphatic carbocycles. The second-order valence-corrected chi connectivity index (χ2v) is 5.71. The van der Waals surface area contributed by atoms with Crippen molar-refractivity contribution in [3.8, 4) is 11.5 Å². The Morgan fingerprint density at radius 2 is 2.22 bits per heavy atom. The number of likely N-dealkylation sites (N-methyl/N-ethyl adjacent to an activating group) is 1. The highest BCUT2D eigenvalue weighted by Gasteiger charge is 2.25. The van der Waals surface area contributed by atoms with Crippen LogP contribution in [0, 0.1) is 0 Å². The van der Waals surface area contributed by atoms with Crippen molar-refractivity contribution in [3.05, 3.63) is 22.7 Å². The molecule has 3 N–H and O–H groups in total. The number of amides is 2. The average molecular weight is 342 g/mol. The number of nitrogens with zero attached hydrogens (tertiary/aromatic N) is 1. The van der Waals surface area contributed by atoms with E-state index in [4.69, 9.17) is 26.8 Å². The maximum Gasteiger partial charge on any atom is 0.255 e. The normalized spacial score (nSPS) is 16.9. The van der Waals surface area contributed by atoms with Crippen molar-refractivity contribution >= 4 is 23.4 Å². The molecule has 1 aromatic rings. The summed E-state index contributed by atoms with van der Waals surface area (Å²) in [4.78, 5) is 25.1. The molecular formula is C15H20ClN3O4. The van der Waals surface area contributed by atoms with Crippen LogP contribution in [-0.4, -0.2) is 56.6 Å². The van der Waals surface area contributed by atoms with E-state index in [2.05, 4.69) is 5.32 Å². The maximum absolute atomic E-state index is 12.6. The fraction of sp³-hybridized carbons (Fsp3) is 0.467. The number of halogens is 1. The zero-order chi connectivity index (χ0) is 17.0. The van der Waals surface area contributed by atoms with Gasteiger partial charge in [-0.25, -0.2) is 0 Å². The predicted octanol–water partition coefficient (Wildman–Crippen LogP) is 0.647. The molecule has 0 radical (unpaired) electrons. The van der Waals surface area contributed by atoms with Gasteiger partial charge < -0.3 is 25.4 Å². The molecule has 23 heavy (non-hydrogen) atoms. The van der Waals surface area contributed by atoms with Crippen molar-refractivity contribution in [1.82, 2.24) is 10.2 Å². The highest BCUT2D eigenvalue weighted by molar-refractivity contribution is 6.32. The number of nitrogens with one attached hydrogen (secondary N) is 1. The van der Waals surface area contributed by atoms with Crippen molar-refractivity contribution in [2.24, 2.45) is 5.73 Å². The number of rotatable bonds is 6. The van der Waals surface area contributed by atoms with Gasteiger partial charge in [0.1, 0.15) is 0 Å². The maximum atomic E-state index is 12.6. The van der Waals surface area contributed by atoms with Gasteiger partial charge in [-0.1, -0.05) is 11.6 Å². The third-order valence-electron chi connectivity index (χ3n) is 3.74. The highest BCUT2D eigenvalue weighted by Crippen LogP contribution is 2.36.